The Morgan fingerprint density at radius 1 is 0.704 bits per heavy atom. The van der Waals surface area contributed by atoms with E-state index in [1.165, 1.54) is 22.3 Å². The summed E-state index contributed by atoms with van der Waals surface area (Å²) >= 11 is 0. The molecule has 0 saturated carbocycles. The van der Waals surface area contributed by atoms with E-state index in [0.29, 0.717) is 0 Å². The molecule has 0 heterocycles. The van der Waals surface area contributed by atoms with E-state index in [2.05, 4.69) is 59.0 Å². The molecule has 0 aliphatic heterocycles. The van der Waals surface area contributed by atoms with Crippen LogP contribution in [0.2, 0.25) is 0 Å². The van der Waals surface area contributed by atoms with Crippen molar-refractivity contribution in [3.05, 3.63) is 114 Å². The first-order valence-electron chi connectivity index (χ1n) is 9.29. The number of hydrogen-bond acceptors (Lipinski definition) is 2. The molecule has 0 amide bonds. The maximum absolute atomic E-state index is 4.69. The summed E-state index contributed by atoms with van der Waals surface area (Å²) in [5.74, 6) is 0. The van der Waals surface area contributed by atoms with Gasteiger partial charge in [0.15, 0.2) is 0 Å². The summed E-state index contributed by atoms with van der Waals surface area (Å²) in [6, 6.07) is 31.0. The highest BCUT2D eigenvalue weighted by Crippen LogP contribution is 2.38. The minimum atomic E-state index is 0.984. The van der Waals surface area contributed by atoms with E-state index < -0.39 is 0 Å². The van der Waals surface area contributed by atoms with Gasteiger partial charge in [0.1, 0.15) is 0 Å². The summed E-state index contributed by atoms with van der Waals surface area (Å²) in [6.45, 7) is 0. The third-order valence-electron chi connectivity index (χ3n) is 4.68. The molecular formula is C25H22N2. The van der Waals surface area contributed by atoms with Gasteiger partial charge in [0.05, 0.1) is 5.69 Å². The van der Waals surface area contributed by atoms with E-state index in [-0.39, 0.29) is 0 Å². The number of aliphatic imine (C=N–C) groups is 1. The number of benzene rings is 3. The SMILES string of the molecule is C(=Nc1ccccc1)C1=C(c2ccccc2)/C(=C/Nc2ccccc2)CC1. The molecule has 27 heavy (non-hydrogen) atoms. The molecule has 0 unspecified atom stereocenters. The van der Waals surface area contributed by atoms with Gasteiger partial charge in [0.2, 0.25) is 0 Å². The molecule has 0 radical (unpaired) electrons. The standard InChI is InChI=1S/C25H22N2/c1-4-10-20(11-5-1)25-21(18-26-23-12-6-2-7-13-23)16-17-22(25)19-27-24-14-8-3-9-15-24/h1-15,18-19,26H,16-17H2/b21-18+,27-19?. The Balaban J connectivity index is 1.68. The van der Waals surface area contributed by atoms with Crippen LogP contribution in [0.5, 0.6) is 0 Å². The number of anilines is 1. The predicted molar refractivity (Wildman–Crippen MR) is 115 cm³/mol. The molecule has 3 aromatic rings. The molecule has 4 rings (SSSR count). The van der Waals surface area contributed by atoms with Gasteiger partial charge in [-0.1, -0.05) is 66.7 Å². The maximum Gasteiger partial charge on any atom is 0.0629 e. The summed E-state index contributed by atoms with van der Waals surface area (Å²) in [7, 11) is 0. The lowest BCUT2D eigenvalue weighted by Crippen LogP contribution is -1.93. The molecule has 3 aromatic carbocycles. The Labute approximate surface area is 160 Å². The Bertz CT molecular complexity index is 969. The monoisotopic (exact) mass is 350 g/mol. The minimum absolute atomic E-state index is 0.984. The third-order valence-corrected chi connectivity index (χ3v) is 4.68. The lowest BCUT2D eigenvalue weighted by Gasteiger charge is -2.09. The van der Waals surface area contributed by atoms with Crippen molar-refractivity contribution in [3.63, 3.8) is 0 Å². The van der Waals surface area contributed by atoms with Crippen molar-refractivity contribution in [3.8, 4) is 0 Å². The zero-order chi connectivity index (χ0) is 18.3. The maximum atomic E-state index is 4.69. The molecule has 1 aliphatic carbocycles. The molecule has 2 nitrogen and oxygen atoms in total. The quantitative estimate of drug-likeness (QED) is 0.513. The van der Waals surface area contributed by atoms with E-state index in [9.17, 15) is 0 Å². The highest BCUT2D eigenvalue weighted by atomic mass is 14.8. The average Bonchev–Trinajstić information content (AvgIpc) is 3.16. The normalized spacial score (nSPS) is 15.6. The summed E-state index contributed by atoms with van der Waals surface area (Å²) in [6.07, 6.45) is 6.19. The van der Waals surface area contributed by atoms with Crippen LogP contribution in [0, 0.1) is 0 Å². The summed E-state index contributed by atoms with van der Waals surface area (Å²) < 4.78 is 0. The Hall–Kier alpha value is -3.39. The van der Waals surface area contributed by atoms with Crippen LogP contribution >= 0.6 is 0 Å². The molecule has 0 atom stereocenters. The van der Waals surface area contributed by atoms with E-state index in [4.69, 9.17) is 0 Å². The van der Waals surface area contributed by atoms with E-state index in [0.717, 1.165) is 24.2 Å². The molecule has 132 valence electrons. The second kappa shape index (κ2) is 8.33. The molecule has 1 N–H and O–H groups in total. The van der Waals surface area contributed by atoms with Crippen molar-refractivity contribution in [2.24, 2.45) is 4.99 Å². The minimum Gasteiger partial charge on any atom is -0.361 e. The van der Waals surface area contributed by atoms with Crippen LogP contribution in [0.4, 0.5) is 11.4 Å². The average molecular weight is 350 g/mol. The summed E-state index contributed by atoms with van der Waals surface area (Å²) in [5.41, 5.74) is 7.22. The fraction of sp³-hybridized carbons (Fsp3) is 0.0800. The number of para-hydroxylation sites is 2. The Morgan fingerprint density at radius 3 is 2.04 bits per heavy atom. The van der Waals surface area contributed by atoms with Crippen molar-refractivity contribution >= 4 is 23.2 Å². The first-order chi connectivity index (χ1) is 13.4. The summed E-state index contributed by atoms with van der Waals surface area (Å²) in [4.78, 5) is 4.69. The van der Waals surface area contributed by atoms with E-state index in [1.807, 2.05) is 54.7 Å². The van der Waals surface area contributed by atoms with Crippen LogP contribution in [0.3, 0.4) is 0 Å². The number of hydrogen-bond donors (Lipinski definition) is 1. The Morgan fingerprint density at radius 2 is 1.33 bits per heavy atom. The van der Waals surface area contributed by atoms with Crippen molar-refractivity contribution in [2.45, 2.75) is 12.8 Å². The highest BCUT2D eigenvalue weighted by Gasteiger charge is 2.20. The lowest BCUT2D eigenvalue weighted by atomic mass is 9.99. The fourth-order valence-electron chi connectivity index (χ4n) is 3.35. The molecule has 0 aromatic heterocycles. The molecule has 2 heteroatoms. The van der Waals surface area contributed by atoms with Crippen molar-refractivity contribution < 1.29 is 0 Å². The predicted octanol–water partition coefficient (Wildman–Crippen LogP) is 6.63. The topological polar surface area (TPSA) is 24.4 Å². The van der Waals surface area contributed by atoms with Gasteiger partial charge in [-0.2, -0.15) is 0 Å². The van der Waals surface area contributed by atoms with E-state index in [1.54, 1.807) is 0 Å². The Kier molecular flexibility index (Phi) is 5.26. The zero-order valence-electron chi connectivity index (χ0n) is 15.2. The van der Waals surface area contributed by atoms with Gasteiger partial charge in [0.25, 0.3) is 0 Å². The zero-order valence-corrected chi connectivity index (χ0v) is 15.2. The van der Waals surface area contributed by atoms with Crippen molar-refractivity contribution in [1.29, 1.82) is 0 Å². The van der Waals surface area contributed by atoms with Crippen molar-refractivity contribution in [2.75, 3.05) is 5.32 Å². The van der Waals surface area contributed by atoms with Gasteiger partial charge in [-0.05, 0) is 59.4 Å². The van der Waals surface area contributed by atoms with Gasteiger partial charge in [0, 0.05) is 18.1 Å². The fourth-order valence-corrected chi connectivity index (χ4v) is 3.35. The smallest absolute Gasteiger partial charge is 0.0629 e. The largest absolute Gasteiger partial charge is 0.361 e. The highest BCUT2D eigenvalue weighted by molar-refractivity contribution is 5.99. The summed E-state index contributed by atoms with van der Waals surface area (Å²) in [5, 5.41) is 3.44. The van der Waals surface area contributed by atoms with Gasteiger partial charge in [-0.15, -0.1) is 0 Å². The van der Waals surface area contributed by atoms with Crippen LogP contribution in [-0.4, -0.2) is 6.21 Å². The first kappa shape index (κ1) is 17.0. The number of allylic oxidation sites excluding steroid dienone is 3. The van der Waals surface area contributed by atoms with Gasteiger partial charge in [-0.3, -0.25) is 4.99 Å². The van der Waals surface area contributed by atoms with Gasteiger partial charge >= 0.3 is 0 Å². The number of nitrogens with zero attached hydrogens (tertiary/aromatic N) is 1. The van der Waals surface area contributed by atoms with Crippen LogP contribution in [0.25, 0.3) is 5.57 Å². The molecule has 0 saturated heterocycles. The number of nitrogens with one attached hydrogen (secondary N) is 1. The van der Waals surface area contributed by atoms with Crippen LogP contribution < -0.4 is 5.32 Å². The van der Waals surface area contributed by atoms with Crippen molar-refractivity contribution in [1.82, 2.24) is 0 Å². The molecule has 0 bridgehead atoms. The second-order valence-corrected chi connectivity index (χ2v) is 6.54. The molecule has 0 spiro atoms. The number of rotatable bonds is 5. The molecule has 1 aliphatic rings. The molecule has 0 fully saturated rings. The van der Waals surface area contributed by atoms with E-state index >= 15 is 0 Å². The van der Waals surface area contributed by atoms with Crippen LogP contribution in [0.1, 0.15) is 18.4 Å². The van der Waals surface area contributed by atoms with Gasteiger partial charge < -0.3 is 5.32 Å². The first-order valence-corrected chi connectivity index (χ1v) is 9.29. The van der Waals surface area contributed by atoms with Gasteiger partial charge in [-0.25, -0.2) is 0 Å². The lowest BCUT2D eigenvalue weighted by molar-refractivity contribution is 1.04. The van der Waals surface area contributed by atoms with Crippen LogP contribution in [0.15, 0.2) is 113 Å². The van der Waals surface area contributed by atoms with Crippen LogP contribution in [-0.2, 0) is 0 Å². The second-order valence-electron chi connectivity index (χ2n) is 6.54. The molecular weight excluding hydrogens is 328 g/mol. The third kappa shape index (κ3) is 4.24.